The lowest BCUT2D eigenvalue weighted by Gasteiger charge is -2.29. The molecule has 0 atom stereocenters. The van der Waals surface area contributed by atoms with Crippen molar-refractivity contribution in [3.63, 3.8) is 0 Å². The van der Waals surface area contributed by atoms with Gasteiger partial charge in [0.15, 0.2) is 0 Å². The van der Waals surface area contributed by atoms with Gasteiger partial charge in [-0.25, -0.2) is 4.68 Å². The molecule has 0 radical (unpaired) electrons. The minimum atomic E-state index is -0.00813. The molecule has 0 aliphatic carbocycles. The average Bonchev–Trinajstić information content (AvgIpc) is 3.02. The summed E-state index contributed by atoms with van der Waals surface area (Å²) in [5, 5.41) is 8.97. The van der Waals surface area contributed by atoms with Gasteiger partial charge in [0.05, 0.1) is 5.52 Å². The highest BCUT2D eigenvalue weighted by atomic mass is 35.5. The second-order valence-electron chi connectivity index (χ2n) is 5.94. The minimum absolute atomic E-state index is 0.00813. The summed E-state index contributed by atoms with van der Waals surface area (Å²) in [6, 6.07) is 11.3. The van der Waals surface area contributed by atoms with Crippen molar-refractivity contribution in [3.8, 4) is 0 Å². The predicted molar refractivity (Wildman–Crippen MR) is 94.7 cm³/mol. The normalized spacial score (nSPS) is 14.0. The third kappa shape index (κ3) is 2.45. The van der Waals surface area contributed by atoms with E-state index in [0.717, 1.165) is 41.7 Å². The Balaban J connectivity index is 1.72. The third-order valence-corrected chi connectivity index (χ3v) is 4.70. The van der Waals surface area contributed by atoms with E-state index in [1.165, 1.54) is 0 Å². The van der Waals surface area contributed by atoms with Crippen LogP contribution in [0.25, 0.3) is 11.0 Å². The molecule has 1 aliphatic heterocycles. The second-order valence-corrected chi connectivity index (χ2v) is 6.38. The molecule has 4 rings (SSSR count). The van der Waals surface area contributed by atoms with Crippen LogP contribution in [0.3, 0.4) is 0 Å². The Morgan fingerprint density at radius 3 is 2.96 bits per heavy atom. The smallest absolute Gasteiger partial charge is 0.258 e. The van der Waals surface area contributed by atoms with Gasteiger partial charge in [-0.3, -0.25) is 4.79 Å². The zero-order chi connectivity index (χ0) is 16.7. The molecule has 0 fully saturated rings. The van der Waals surface area contributed by atoms with Gasteiger partial charge in [-0.1, -0.05) is 16.8 Å². The summed E-state index contributed by atoms with van der Waals surface area (Å²) in [4.78, 5) is 14.8. The van der Waals surface area contributed by atoms with E-state index in [0.29, 0.717) is 17.1 Å². The van der Waals surface area contributed by atoms with Gasteiger partial charge in [0.25, 0.3) is 5.91 Å². The summed E-state index contributed by atoms with van der Waals surface area (Å²) >= 11 is 6.08. The van der Waals surface area contributed by atoms with Crippen LogP contribution >= 0.6 is 11.6 Å². The SMILES string of the molecule is CCn1nnc2cc(C(=O)N3CCCc4cc(Cl)ccc43)ccc21. The molecule has 3 aromatic rings. The lowest BCUT2D eigenvalue weighted by atomic mass is 10.0. The number of anilines is 1. The summed E-state index contributed by atoms with van der Waals surface area (Å²) < 4.78 is 1.82. The van der Waals surface area contributed by atoms with Gasteiger partial charge in [-0.15, -0.1) is 5.10 Å². The van der Waals surface area contributed by atoms with Gasteiger partial charge in [0, 0.05) is 29.4 Å². The maximum absolute atomic E-state index is 13.0. The quantitative estimate of drug-likeness (QED) is 0.714. The van der Waals surface area contributed by atoms with Crippen molar-refractivity contribution in [3.05, 3.63) is 52.5 Å². The number of rotatable bonds is 2. The molecule has 24 heavy (non-hydrogen) atoms. The van der Waals surface area contributed by atoms with E-state index in [2.05, 4.69) is 10.3 Å². The number of carbonyl (C=O) groups excluding carboxylic acids is 1. The number of benzene rings is 2. The Morgan fingerprint density at radius 2 is 2.12 bits per heavy atom. The van der Waals surface area contributed by atoms with Crippen LogP contribution in [0.2, 0.25) is 5.02 Å². The van der Waals surface area contributed by atoms with E-state index < -0.39 is 0 Å². The predicted octanol–water partition coefficient (Wildman–Crippen LogP) is 3.70. The van der Waals surface area contributed by atoms with Crippen LogP contribution in [0.15, 0.2) is 36.4 Å². The monoisotopic (exact) mass is 340 g/mol. The maximum Gasteiger partial charge on any atom is 0.258 e. The third-order valence-electron chi connectivity index (χ3n) is 4.47. The molecule has 0 saturated heterocycles. The molecule has 0 N–H and O–H groups in total. The molecular formula is C18H17ClN4O. The number of hydrogen-bond donors (Lipinski definition) is 0. The molecule has 5 nitrogen and oxygen atoms in total. The highest BCUT2D eigenvalue weighted by Gasteiger charge is 2.24. The van der Waals surface area contributed by atoms with Crippen molar-refractivity contribution in [2.24, 2.45) is 0 Å². The first-order chi connectivity index (χ1) is 11.7. The first-order valence-corrected chi connectivity index (χ1v) is 8.48. The van der Waals surface area contributed by atoms with Crippen molar-refractivity contribution >= 4 is 34.2 Å². The molecule has 2 heterocycles. The van der Waals surface area contributed by atoms with Gasteiger partial charge in [-0.05, 0) is 61.7 Å². The van der Waals surface area contributed by atoms with Crippen LogP contribution in [0.1, 0.15) is 29.3 Å². The Labute approximate surface area is 144 Å². The van der Waals surface area contributed by atoms with Gasteiger partial charge >= 0.3 is 0 Å². The summed E-state index contributed by atoms with van der Waals surface area (Å²) in [6.45, 7) is 3.49. The van der Waals surface area contributed by atoms with Gasteiger partial charge in [-0.2, -0.15) is 0 Å². The fourth-order valence-corrected chi connectivity index (χ4v) is 3.47. The fourth-order valence-electron chi connectivity index (χ4n) is 3.27. The van der Waals surface area contributed by atoms with E-state index in [-0.39, 0.29) is 5.91 Å². The van der Waals surface area contributed by atoms with Crippen molar-refractivity contribution < 1.29 is 4.79 Å². The zero-order valence-electron chi connectivity index (χ0n) is 13.4. The molecule has 6 heteroatoms. The Bertz CT molecular complexity index is 934. The van der Waals surface area contributed by atoms with Crippen molar-refractivity contribution in [1.29, 1.82) is 0 Å². The first kappa shape index (κ1) is 15.1. The first-order valence-electron chi connectivity index (χ1n) is 8.11. The molecule has 1 aromatic heterocycles. The van der Waals surface area contributed by atoms with E-state index in [1.807, 2.05) is 52.9 Å². The van der Waals surface area contributed by atoms with E-state index >= 15 is 0 Å². The van der Waals surface area contributed by atoms with Gasteiger partial charge in [0.2, 0.25) is 0 Å². The molecule has 0 spiro atoms. The van der Waals surface area contributed by atoms with Crippen molar-refractivity contribution in [2.75, 3.05) is 11.4 Å². The number of nitrogens with zero attached hydrogens (tertiary/aromatic N) is 4. The van der Waals surface area contributed by atoms with Crippen LogP contribution < -0.4 is 4.90 Å². The zero-order valence-corrected chi connectivity index (χ0v) is 14.1. The number of carbonyl (C=O) groups is 1. The number of halogens is 1. The van der Waals surface area contributed by atoms with Gasteiger partial charge in [0.1, 0.15) is 5.52 Å². The lowest BCUT2D eigenvalue weighted by Crippen LogP contribution is -2.35. The van der Waals surface area contributed by atoms with E-state index in [9.17, 15) is 4.79 Å². The van der Waals surface area contributed by atoms with Crippen LogP contribution in [0.5, 0.6) is 0 Å². The molecule has 122 valence electrons. The van der Waals surface area contributed by atoms with Gasteiger partial charge < -0.3 is 4.90 Å². The maximum atomic E-state index is 13.0. The molecule has 0 saturated carbocycles. The molecule has 1 amide bonds. The highest BCUT2D eigenvalue weighted by molar-refractivity contribution is 6.30. The van der Waals surface area contributed by atoms with Crippen molar-refractivity contribution in [1.82, 2.24) is 15.0 Å². The largest absolute Gasteiger partial charge is 0.308 e. The Hall–Kier alpha value is -2.40. The molecular weight excluding hydrogens is 324 g/mol. The number of amides is 1. The summed E-state index contributed by atoms with van der Waals surface area (Å²) in [7, 11) is 0. The van der Waals surface area contributed by atoms with Crippen LogP contribution in [0, 0.1) is 0 Å². The molecule has 2 aromatic carbocycles. The Morgan fingerprint density at radius 1 is 1.25 bits per heavy atom. The summed E-state index contributed by atoms with van der Waals surface area (Å²) in [5.74, 6) is -0.00813. The van der Waals surface area contributed by atoms with Crippen molar-refractivity contribution in [2.45, 2.75) is 26.3 Å². The number of fused-ring (bicyclic) bond motifs is 2. The fraction of sp³-hybridized carbons (Fsp3) is 0.278. The number of hydrogen-bond acceptors (Lipinski definition) is 3. The summed E-state index contributed by atoms with van der Waals surface area (Å²) in [6.07, 6.45) is 1.89. The molecule has 0 bridgehead atoms. The van der Waals surface area contributed by atoms with Crippen LogP contribution in [-0.2, 0) is 13.0 Å². The Kier molecular flexibility index (Phi) is 3.73. The lowest BCUT2D eigenvalue weighted by molar-refractivity contribution is 0.0985. The summed E-state index contributed by atoms with van der Waals surface area (Å²) in [5.41, 5.74) is 4.40. The van der Waals surface area contributed by atoms with Crippen LogP contribution in [-0.4, -0.2) is 27.4 Å². The standard InChI is InChI=1S/C18H17ClN4O/c1-2-23-17-7-5-13(11-15(17)20-21-23)18(24)22-9-3-4-12-10-14(19)6-8-16(12)22/h5-8,10-11H,2-4,9H2,1H3. The second kappa shape index (κ2) is 5.91. The molecule has 1 aliphatic rings. The van der Waals surface area contributed by atoms with E-state index in [1.54, 1.807) is 0 Å². The van der Waals surface area contributed by atoms with E-state index in [4.69, 9.17) is 11.6 Å². The number of aromatic nitrogens is 3. The molecule has 0 unspecified atom stereocenters. The highest BCUT2D eigenvalue weighted by Crippen LogP contribution is 2.31. The number of aryl methyl sites for hydroxylation is 2. The topological polar surface area (TPSA) is 51.0 Å². The minimum Gasteiger partial charge on any atom is -0.308 e. The van der Waals surface area contributed by atoms with Crippen LogP contribution in [0.4, 0.5) is 5.69 Å². The average molecular weight is 341 g/mol.